The Morgan fingerprint density at radius 3 is 2.35 bits per heavy atom. The molecule has 0 saturated carbocycles. The van der Waals surface area contributed by atoms with E-state index in [0.29, 0.717) is 5.56 Å². The van der Waals surface area contributed by atoms with Gasteiger partial charge in [0.1, 0.15) is 11.5 Å². The lowest BCUT2D eigenvalue weighted by Crippen LogP contribution is -2.43. The Balaban J connectivity index is 2.05. The lowest BCUT2D eigenvalue weighted by atomic mass is 9.76. The largest absolute Gasteiger partial charge is 0.400 e. The van der Waals surface area contributed by atoms with Crippen LogP contribution in [0.15, 0.2) is 41.4 Å². The van der Waals surface area contributed by atoms with Gasteiger partial charge in [0.05, 0.1) is 12.1 Å². The number of rotatable bonds is 2. The van der Waals surface area contributed by atoms with Crippen LogP contribution in [0.4, 0.5) is 18.9 Å². The molecule has 2 N–H and O–H groups in total. The summed E-state index contributed by atoms with van der Waals surface area (Å²) in [5, 5.41) is 9.33. The molecule has 2 aromatic carbocycles. The normalized spacial score (nSPS) is 19.9. The first kappa shape index (κ1) is 18.6. The maximum atomic E-state index is 14.0. The standard InChI is InChI=1S/C18H12Cl2F3N3/c19-13-4-12(5-14(20)6-13)17(18(21,22)23)7-16(26-9-17)10-1-2-15(25)11(3-10)8-24/h1-6H,7,9,25H2. The third kappa shape index (κ3) is 3.13. The highest BCUT2D eigenvalue weighted by molar-refractivity contribution is 6.34. The van der Waals surface area contributed by atoms with Gasteiger partial charge in [0.25, 0.3) is 0 Å². The van der Waals surface area contributed by atoms with Crippen LogP contribution in [0.25, 0.3) is 0 Å². The molecule has 8 heteroatoms. The molecule has 0 bridgehead atoms. The van der Waals surface area contributed by atoms with Gasteiger partial charge >= 0.3 is 6.18 Å². The molecule has 1 heterocycles. The van der Waals surface area contributed by atoms with Gasteiger partial charge in [0.15, 0.2) is 0 Å². The molecule has 3 rings (SSSR count). The Bertz CT molecular complexity index is 927. The molecule has 0 amide bonds. The van der Waals surface area contributed by atoms with Crippen LogP contribution in [0.3, 0.4) is 0 Å². The van der Waals surface area contributed by atoms with Crippen molar-refractivity contribution >= 4 is 34.6 Å². The summed E-state index contributed by atoms with van der Waals surface area (Å²) in [6.45, 7) is -0.477. The van der Waals surface area contributed by atoms with Crippen LogP contribution < -0.4 is 5.73 Å². The van der Waals surface area contributed by atoms with Crippen molar-refractivity contribution < 1.29 is 13.2 Å². The first-order valence-electron chi connectivity index (χ1n) is 7.53. The highest BCUT2D eigenvalue weighted by Gasteiger charge is 2.58. The molecule has 2 aromatic rings. The van der Waals surface area contributed by atoms with Gasteiger partial charge in [-0.2, -0.15) is 18.4 Å². The number of hydrogen-bond donors (Lipinski definition) is 1. The van der Waals surface area contributed by atoms with Crippen LogP contribution in [0, 0.1) is 11.3 Å². The summed E-state index contributed by atoms with van der Waals surface area (Å²) < 4.78 is 42.1. The zero-order valence-electron chi connectivity index (χ0n) is 13.2. The quantitative estimate of drug-likeness (QED) is 0.712. The van der Waals surface area contributed by atoms with Crippen LogP contribution in [-0.2, 0) is 5.41 Å². The van der Waals surface area contributed by atoms with Gasteiger partial charge in [-0.05, 0) is 41.5 Å². The Labute approximate surface area is 157 Å². The number of hydrogen-bond acceptors (Lipinski definition) is 3. The fourth-order valence-electron chi connectivity index (χ4n) is 3.03. The zero-order valence-corrected chi connectivity index (χ0v) is 14.8. The summed E-state index contributed by atoms with van der Waals surface area (Å²) in [4.78, 5) is 4.13. The van der Waals surface area contributed by atoms with Gasteiger partial charge in [0.2, 0.25) is 0 Å². The van der Waals surface area contributed by atoms with Gasteiger partial charge in [-0.3, -0.25) is 4.99 Å². The smallest absolute Gasteiger partial charge is 0.398 e. The van der Waals surface area contributed by atoms with E-state index in [0.717, 1.165) is 0 Å². The monoisotopic (exact) mass is 397 g/mol. The van der Waals surface area contributed by atoms with Crippen molar-refractivity contribution in [2.45, 2.75) is 18.0 Å². The Kier molecular flexibility index (Phi) is 4.63. The number of nitrogen functional groups attached to an aromatic ring is 1. The third-order valence-electron chi connectivity index (χ3n) is 4.47. The van der Waals surface area contributed by atoms with Crippen molar-refractivity contribution in [1.82, 2.24) is 0 Å². The molecule has 1 aliphatic rings. The molecule has 1 aliphatic heterocycles. The van der Waals surface area contributed by atoms with E-state index in [2.05, 4.69) is 4.99 Å². The zero-order chi connectivity index (χ0) is 19.1. The highest BCUT2D eigenvalue weighted by Crippen LogP contribution is 2.48. The van der Waals surface area contributed by atoms with Crippen molar-refractivity contribution in [2.24, 2.45) is 4.99 Å². The second kappa shape index (κ2) is 6.49. The molecule has 0 aromatic heterocycles. The fourth-order valence-corrected chi connectivity index (χ4v) is 3.56. The van der Waals surface area contributed by atoms with Gasteiger partial charge in [-0.25, -0.2) is 0 Å². The first-order chi connectivity index (χ1) is 12.2. The summed E-state index contributed by atoms with van der Waals surface area (Å²) in [7, 11) is 0. The number of nitriles is 1. The molecule has 3 nitrogen and oxygen atoms in total. The molecule has 26 heavy (non-hydrogen) atoms. The molecular weight excluding hydrogens is 386 g/mol. The second-order valence-electron chi connectivity index (χ2n) is 6.09. The van der Waals surface area contributed by atoms with E-state index in [-0.39, 0.29) is 39.0 Å². The van der Waals surface area contributed by atoms with E-state index in [9.17, 15) is 13.2 Å². The van der Waals surface area contributed by atoms with Crippen LogP contribution >= 0.6 is 23.2 Å². The van der Waals surface area contributed by atoms with Crippen molar-refractivity contribution in [3.63, 3.8) is 0 Å². The van der Waals surface area contributed by atoms with Crippen molar-refractivity contribution in [2.75, 3.05) is 12.3 Å². The van der Waals surface area contributed by atoms with Gasteiger partial charge < -0.3 is 5.73 Å². The summed E-state index contributed by atoms with van der Waals surface area (Å²) in [5.74, 6) is 0. The summed E-state index contributed by atoms with van der Waals surface area (Å²) >= 11 is 11.8. The van der Waals surface area contributed by atoms with Crippen molar-refractivity contribution in [3.05, 3.63) is 63.1 Å². The third-order valence-corrected chi connectivity index (χ3v) is 4.91. The number of benzene rings is 2. The van der Waals surface area contributed by atoms with E-state index in [1.807, 2.05) is 6.07 Å². The SMILES string of the molecule is N#Cc1cc(C2=NCC(c3cc(Cl)cc(Cl)c3)(C(F)(F)F)C2)ccc1N. The number of halogens is 5. The molecular formula is C18H12Cl2F3N3. The number of anilines is 1. The molecule has 1 unspecified atom stereocenters. The van der Waals surface area contributed by atoms with Crippen molar-refractivity contribution in [3.8, 4) is 6.07 Å². The highest BCUT2D eigenvalue weighted by atomic mass is 35.5. The predicted molar refractivity (Wildman–Crippen MR) is 95.8 cm³/mol. The Morgan fingerprint density at radius 1 is 1.12 bits per heavy atom. The fraction of sp³-hybridized carbons (Fsp3) is 0.222. The second-order valence-corrected chi connectivity index (χ2v) is 6.96. The summed E-state index contributed by atoms with van der Waals surface area (Å²) in [6.07, 6.45) is -4.93. The minimum absolute atomic E-state index is 0.0304. The van der Waals surface area contributed by atoms with E-state index >= 15 is 0 Å². The Hall–Kier alpha value is -2.23. The number of nitrogens with two attached hydrogens (primary N) is 1. The molecule has 134 valence electrons. The number of alkyl halides is 3. The molecule has 0 aliphatic carbocycles. The van der Waals surface area contributed by atoms with Gasteiger partial charge in [0, 0.05) is 27.9 Å². The van der Waals surface area contributed by atoms with Gasteiger partial charge in [-0.15, -0.1) is 0 Å². The molecule has 0 radical (unpaired) electrons. The minimum atomic E-state index is -4.56. The summed E-state index contributed by atoms with van der Waals surface area (Å²) in [5.41, 5.74) is 4.58. The number of aliphatic imine (C=N–C) groups is 1. The topological polar surface area (TPSA) is 62.2 Å². The molecule has 0 spiro atoms. The maximum Gasteiger partial charge on any atom is 0.400 e. The molecule has 0 fully saturated rings. The van der Waals surface area contributed by atoms with E-state index in [1.54, 1.807) is 6.07 Å². The van der Waals surface area contributed by atoms with E-state index in [1.165, 1.54) is 30.3 Å². The van der Waals surface area contributed by atoms with Crippen LogP contribution in [0.1, 0.15) is 23.1 Å². The maximum absolute atomic E-state index is 14.0. The summed E-state index contributed by atoms with van der Waals surface area (Å²) in [6, 6.07) is 10.3. The van der Waals surface area contributed by atoms with Crippen molar-refractivity contribution in [1.29, 1.82) is 5.26 Å². The first-order valence-corrected chi connectivity index (χ1v) is 8.28. The average Bonchev–Trinajstić information content (AvgIpc) is 3.01. The lowest BCUT2D eigenvalue weighted by Gasteiger charge is -2.31. The average molecular weight is 398 g/mol. The Morgan fingerprint density at radius 2 is 1.77 bits per heavy atom. The van der Waals surface area contributed by atoms with Crippen LogP contribution in [0.5, 0.6) is 0 Å². The van der Waals surface area contributed by atoms with Crippen LogP contribution in [0.2, 0.25) is 10.0 Å². The molecule has 0 saturated heterocycles. The number of nitrogens with zero attached hydrogens (tertiary/aromatic N) is 2. The lowest BCUT2D eigenvalue weighted by molar-refractivity contribution is -0.183. The van der Waals surface area contributed by atoms with Crippen LogP contribution in [-0.4, -0.2) is 18.4 Å². The van der Waals surface area contributed by atoms with Gasteiger partial charge in [-0.1, -0.05) is 29.3 Å². The minimum Gasteiger partial charge on any atom is -0.398 e. The van der Waals surface area contributed by atoms with E-state index < -0.39 is 18.1 Å². The molecule has 1 atom stereocenters. The van der Waals surface area contributed by atoms with E-state index in [4.69, 9.17) is 34.2 Å². The predicted octanol–water partition coefficient (Wildman–Crippen LogP) is 5.14.